The molecule has 3 rings (SSSR count). The third-order valence-electron chi connectivity index (χ3n) is 6.20. The highest BCUT2D eigenvalue weighted by Crippen LogP contribution is 2.24. The zero-order valence-electron chi connectivity index (χ0n) is 19.8. The molecular formula is C23H31N3O6S2. The first-order valence-corrected chi connectivity index (χ1v) is 13.9. The summed E-state index contributed by atoms with van der Waals surface area (Å²) in [5, 5.41) is 0. The van der Waals surface area contributed by atoms with Crippen molar-refractivity contribution in [3.8, 4) is 0 Å². The molecule has 1 amide bonds. The van der Waals surface area contributed by atoms with E-state index in [9.17, 15) is 21.6 Å². The first-order valence-electron chi connectivity index (χ1n) is 11.0. The van der Waals surface area contributed by atoms with E-state index in [4.69, 9.17) is 4.84 Å². The van der Waals surface area contributed by atoms with E-state index in [1.54, 1.807) is 12.1 Å². The summed E-state index contributed by atoms with van der Waals surface area (Å²) in [5.41, 5.74) is 1.31. The van der Waals surface area contributed by atoms with Crippen LogP contribution in [0.4, 0.5) is 0 Å². The van der Waals surface area contributed by atoms with Crippen molar-refractivity contribution in [3.63, 3.8) is 0 Å². The fourth-order valence-electron chi connectivity index (χ4n) is 3.70. The minimum atomic E-state index is -3.89. The number of carbonyl (C=O) groups is 1. The molecule has 0 aliphatic carbocycles. The molecule has 1 aliphatic rings. The van der Waals surface area contributed by atoms with Crippen molar-refractivity contribution in [2.45, 2.75) is 36.0 Å². The van der Waals surface area contributed by atoms with Gasteiger partial charge in [-0.3, -0.25) is 9.63 Å². The number of amides is 1. The molecule has 1 heterocycles. The summed E-state index contributed by atoms with van der Waals surface area (Å²) < 4.78 is 53.2. The van der Waals surface area contributed by atoms with E-state index < -0.39 is 20.0 Å². The van der Waals surface area contributed by atoms with Gasteiger partial charge in [-0.2, -0.15) is 4.31 Å². The lowest BCUT2D eigenvalue weighted by molar-refractivity contribution is -0.0258. The van der Waals surface area contributed by atoms with Crippen LogP contribution in [0, 0.1) is 0 Å². The summed E-state index contributed by atoms with van der Waals surface area (Å²) in [6.45, 7) is 4.91. The predicted molar refractivity (Wildman–Crippen MR) is 128 cm³/mol. The Hall–Kier alpha value is -2.31. The van der Waals surface area contributed by atoms with E-state index in [0.717, 1.165) is 16.5 Å². The van der Waals surface area contributed by atoms with Crippen LogP contribution in [0.1, 0.15) is 42.1 Å². The Morgan fingerprint density at radius 3 is 2.18 bits per heavy atom. The molecule has 2 aromatic carbocycles. The number of piperazine rings is 1. The molecule has 1 saturated heterocycles. The van der Waals surface area contributed by atoms with Gasteiger partial charge in [0, 0.05) is 38.8 Å². The van der Waals surface area contributed by atoms with Crippen LogP contribution < -0.4 is 0 Å². The van der Waals surface area contributed by atoms with Crippen LogP contribution in [-0.4, -0.2) is 76.8 Å². The lowest BCUT2D eigenvalue weighted by Gasteiger charge is -2.34. The Kier molecular flexibility index (Phi) is 8.14. The lowest BCUT2D eigenvalue weighted by atomic mass is 9.99. The van der Waals surface area contributed by atoms with Crippen molar-refractivity contribution in [1.82, 2.24) is 13.7 Å². The second-order valence-corrected chi connectivity index (χ2v) is 12.1. The van der Waals surface area contributed by atoms with Crippen LogP contribution in [0.5, 0.6) is 0 Å². The molecule has 186 valence electrons. The standard InChI is InChI=1S/C23H31N3O6S2/c1-5-18(2)19-9-11-21(12-10-19)34(30,31)26-15-13-25(14-16-26)23(27)20-7-6-8-22(17-20)33(28,29)24(3)32-4/h6-12,17-18H,5,13-16H2,1-4H3/t18-/m0/s1. The highest BCUT2D eigenvalue weighted by atomic mass is 32.2. The molecular weight excluding hydrogens is 478 g/mol. The van der Waals surface area contributed by atoms with Gasteiger partial charge in [-0.1, -0.05) is 36.5 Å². The van der Waals surface area contributed by atoms with E-state index in [1.807, 2.05) is 12.1 Å². The van der Waals surface area contributed by atoms with Gasteiger partial charge in [0.25, 0.3) is 15.9 Å². The highest BCUT2D eigenvalue weighted by molar-refractivity contribution is 7.89. The lowest BCUT2D eigenvalue weighted by Crippen LogP contribution is -2.50. The number of hydrogen-bond acceptors (Lipinski definition) is 6. The summed E-state index contributed by atoms with van der Waals surface area (Å²) in [6.07, 6.45) is 0.972. The monoisotopic (exact) mass is 509 g/mol. The molecule has 0 radical (unpaired) electrons. The molecule has 9 nitrogen and oxygen atoms in total. The topological polar surface area (TPSA) is 104 Å². The number of carbonyl (C=O) groups excluding carboxylic acids is 1. The summed E-state index contributed by atoms with van der Waals surface area (Å²) in [4.78, 5) is 19.5. The van der Waals surface area contributed by atoms with Gasteiger partial charge >= 0.3 is 0 Å². The number of hydroxylamine groups is 1. The fraction of sp³-hybridized carbons (Fsp3) is 0.435. The van der Waals surface area contributed by atoms with Crippen LogP contribution in [0.2, 0.25) is 0 Å². The number of nitrogens with zero attached hydrogens (tertiary/aromatic N) is 3. The van der Waals surface area contributed by atoms with E-state index in [1.165, 1.54) is 47.6 Å². The van der Waals surface area contributed by atoms with Gasteiger partial charge in [0.1, 0.15) is 0 Å². The first kappa shape index (κ1) is 26.3. The SMILES string of the molecule is CC[C@H](C)c1ccc(S(=O)(=O)N2CCN(C(=O)c3cccc(S(=O)(=O)N(C)OC)c3)CC2)cc1. The number of rotatable bonds is 8. The van der Waals surface area contributed by atoms with Crippen LogP contribution in [-0.2, 0) is 24.9 Å². The Balaban J connectivity index is 1.70. The maximum Gasteiger partial charge on any atom is 0.264 e. The van der Waals surface area contributed by atoms with Gasteiger partial charge in [-0.15, -0.1) is 0 Å². The zero-order chi connectivity index (χ0) is 25.1. The van der Waals surface area contributed by atoms with E-state index >= 15 is 0 Å². The number of hydrogen-bond donors (Lipinski definition) is 0. The van der Waals surface area contributed by atoms with E-state index in [2.05, 4.69) is 13.8 Å². The van der Waals surface area contributed by atoms with Crippen molar-refractivity contribution in [3.05, 3.63) is 59.7 Å². The van der Waals surface area contributed by atoms with Crippen molar-refractivity contribution in [1.29, 1.82) is 0 Å². The summed E-state index contributed by atoms with van der Waals surface area (Å²) in [5.74, 6) is 0.00164. The second kappa shape index (κ2) is 10.5. The molecule has 2 aromatic rings. The van der Waals surface area contributed by atoms with Gasteiger partial charge in [0.15, 0.2) is 0 Å². The van der Waals surface area contributed by atoms with Gasteiger partial charge in [0.2, 0.25) is 10.0 Å². The highest BCUT2D eigenvalue weighted by Gasteiger charge is 2.31. The molecule has 1 atom stereocenters. The predicted octanol–water partition coefficient (Wildman–Crippen LogP) is 2.53. The third-order valence-corrected chi connectivity index (χ3v) is 9.79. The van der Waals surface area contributed by atoms with E-state index in [0.29, 0.717) is 5.92 Å². The van der Waals surface area contributed by atoms with Crippen molar-refractivity contribution >= 4 is 26.0 Å². The summed E-state index contributed by atoms with van der Waals surface area (Å²) in [7, 11) is -5.06. The molecule has 0 N–H and O–H groups in total. The molecule has 34 heavy (non-hydrogen) atoms. The van der Waals surface area contributed by atoms with Crippen LogP contribution in [0.15, 0.2) is 58.3 Å². The second-order valence-electron chi connectivity index (χ2n) is 8.20. The summed E-state index contributed by atoms with van der Waals surface area (Å²) in [6, 6.07) is 12.7. The minimum absolute atomic E-state index is 0.0650. The Morgan fingerprint density at radius 1 is 1.00 bits per heavy atom. The fourth-order valence-corrected chi connectivity index (χ4v) is 6.15. The quantitative estimate of drug-likeness (QED) is 0.507. The molecule has 11 heteroatoms. The molecule has 1 fully saturated rings. The van der Waals surface area contributed by atoms with Crippen LogP contribution in [0.3, 0.4) is 0 Å². The van der Waals surface area contributed by atoms with Gasteiger partial charge in [0.05, 0.1) is 16.9 Å². The number of sulfonamides is 2. The minimum Gasteiger partial charge on any atom is -0.336 e. The van der Waals surface area contributed by atoms with Gasteiger partial charge in [-0.25, -0.2) is 16.8 Å². The third kappa shape index (κ3) is 5.33. The van der Waals surface area contributed by atoms with Crippen molar-refractivity contribution in [2.75, 3.05) is 40.3 Å². The van der Waals surface area contributed by atoms with Crippen LogP contribution >= 0.6 is 0 Å². The molecule has 0 spiro atoms. The van der Waals surface area contributed by atoms with Crippen molar-refractivity contribution < 1.29 is 26.5 Å². The smallest absolute Gasteiger partial charge is 0.264 e. The largest absolute Gasteiger partial charge is 0.336 e. The zero-order valence-corrected chi connectivity index (χ0v) is 21.5. The van der Waals surface area contributed by atoms with Crippen molar-refractivity contribution in [2.24, 2.45) is 0 Å². The van der Waals surface area contributed by atoms with Crippen LogP contribution in [0.25, 0.3) is 0 Å². The Bertz CT molecular complexity index is 1220. The van der Waals surface area contributed by atoms with Gasteiger partial charge in [-0.05, 0) is 48.2 Å². The molecule has 0 aromatic heterocycles. The molecule has 0 bridgehead atoms. The molecule has 0 unspecified atom stereocenters. The summed E-state index contributed by atoms with van der Waals surface area (Å²) >= 11 is 0. The average molecular weight is 510 g/mol. The normalized spacial score (nSPS) is 16.6. The first-order chi connectivity index (χ1) is 16.0. The van der Waals surface area contributed by atoms with Gasteiger partial charge < -0.3 is 4.90 Å². The molecule has 0 saturated carbocycles. The Morgan fingerprint density at radius 2 is 1.62 bits per heavy atom. The number of benzene rings is 2. The Labute approximate surface area is 202 Å². The maximum atomic E-state index is 13.1. The average Bonchev–Trinajstić information content (AvgIpc) is 2.87. The molecule has 1 aliphatic heterocycles. The van der Waals surface area contributed by atoms with E-state index in [-0.39, 0.29) is 47.4 Å². The maximum absolute atomic E-state index is 13.1.